The molecule has 1 aromatic carbocycles. The van der Waals surface area contributed by atoms with E-state index in [9.17, 15) is 23.9 Å². The molecule has 12 heteroatoms. The van der Waals surface area contributed by atoms with Crippen LogP contribution in [0.3, 0.4) is 0 Å². The summed E-state index contributed by atoms with van der Waals surface area (Å²) in [4.78, 5) is 41.6. The average Bonchev–Trinajstić information content (AvgIpc) is 3.17. The molecule has 0 saturated carbocycles. The first-order valence-corrected chi connectivity index (χ1v) is 9.32. The van der Waals surface area contributed by atoms with Gasteiger partial charge in [-0.25, -0.2) is 9.18 Å². The smallest absolute Gasteiger partial charge is 0.384 e. The average molecular weight is 443 g/mol. The van der Waals surface area contributed by atoms with Gasteiger partial charge in [-0.05, 0) is 36.5 Å². The van der Waals surface area contributed by atoms with Crippen LogP contribution in [0.15, 0.2) is 45.1 Å². The predicted molar refractivity (Wildman–Crippen MR) is 108 cm³/mol. The molecule has 0 fully saturated rings. The summed E-state index contributed by atoms with van der Waals surface area (Å²) in [7, 11) is 0. The highest BCUT2D eigenvalue weighted by Crippen LogP contribution is 2.19. The molecule has 166 valence electrons. The standard InChI is InChI=1S/C20H19FN6O5/c1-10-25-26-17(32-10)16(30)24-20(2,3)19-23-13(14(28)18(31)27(19)4)15(29)22-9-11-5-7-12(21)8-6-11/h5-8H,4,9H2,1-3H3,(H2-,22,24,28,29,30)/p+1. The molecule has 2 aromatic rings. The molecule has 32 heavy (non-hydrogen) atoms. The van der Waals surface area contributed by atoms with Crippen LogP contribution < -0.4 is 10.6 Å². The zero-order chi connectivity index (χ0) is 23.6. The van der Waals surface area contributed by atoms with Crippen molar-refractivity contribution in [1.29, 1.82) is 0 Å². The first-order valence-electron chi connectivity index (χ1n) is 9.32. The Labute approximate surface area is 181 Å². The summed E-state index contributed by atoms with van der Waals surface area (Å²) >= 11 is 0. The van der Waals surface area contributed by atoms with Gasteiger partial charge in [-0.1, -0.05) is 12.1 Å². The maximum Gasteiger partial charge on any atom is 0.384 e. The molecule has 1 aliphatic heterocycles. The SMILES string of the molecule is C=[N+]1C(=O)C(O)=C(C(=O)NCc2ccc(F)cc2)N=C1C(C)(C)NC(=O)c1nnc(C)o1. The zero-order valence-electron chi connectivity index (χ0n) is 17.5. The third kappa shape index (κ3) is 4.58. The van der Waals surface area contributed by atoms with Gasteiger partial charge in [0.2, 0.25) is 5.89 Å². The number of aryl methyl sites for hydroxylation is 1. The van der Waals surface area contributed by atoms with Crippen LogP contribution in [0.5, 0.6) is 0 Å². The minimum absolute atomic E-state index is 0.000328. The number of carbonyl (C=O) groups excluding carboxylic acids is 3. The summed E-state index contributed by atoms with van der Waals surface area (Å²) in [6.45, 7) is 8.08. The fourth-order valence-electron chi connectivity index (χ4n) is 2.83. The van der Waals surface area contributed by atoms with Gasteiger partial charge in [0.1, 0.15) is 11.4 Å². The van der Waals surface area contributed by atoms with E-state index in [4.69, 9.17) is 4.42 Å². The van der Waals surface area contributed by atoms with Crippen molar-refractivity contribution in [3.05, 3.63) is 58.9 Å². The number of nitrogens with zero attached hydrogens (tertiary/aromatic N) is 4. The Kier molecular flexibility index (Phi) is 5.96. The largest absolute Gasteiger partial charge is 0.498 e. The van der Waals surface area contributed by atoms with Crippen molar-refractivity contribution in [2.24, 2.45) is 4.99 Å². The Hall–Kier alpha value is -4.22. The minimum Gasteiger partial charge on any atom is -0.498 e. The van der Waals surface area contributed by atoms with Crippen molar-refractivity contribution in [2.45, 2.75) is 32.9 Å². The van der Waals surface area contributed by atoms with E-state index in [-0.39, 0.29) is 24.2 Å². The number of rotatable bonds is 6. The topological polar surface area (TPSA) is 150 Å². The van der Waals surface area contributed by atoms with E-state index in [1.54, 1.807) is 0 Å². The van der Waals surface area contributed by atoms with Gasteiger partial charge in [0.15, 0.2) is 0 Å². The normalized spacial score (nSPS) is 14.3. The lowest BCUT2D eigenvalue weighted by Gasteiger charge is -2.24. The van der Waals surface area contributed by atoms with Crippen LogP contribution in [0.25, 0.3) is 0 Å². The maximum absolute atomic E-state index is 13.0. The number of aromatic nitrogens is 2. The van der Waals surface area contributed by atoms with Gasteiger partial charge in [-0.2, -0.15) is 4.58 Å². The fourth-order valence-corrected chi connectivity index (χ4v) is 2.83. The highest BCUT2D eigenvalue weighted by atomic mass is 19.1. The lowest BCUT2D eigenvalue weighted by Crippen LogP contribution is -2.56. The molecular weight excluding hydrogens is 423 g/mol. The van der Waals surface area contributed by atoms with Gasteiger partial charge in [0.05, 0.1) is 6.72 Å². The van der Waals surface area contributed by atoms with Gasteiger partial charge in [0.25, 0.3) is 17.4 Å². The molecular formula is C20H20FN6O5+. The second-order valence-electron chi connectivity index (χ2n) is 7.38. The number of aliphatic hydroxyl groups is 1. The van der Waals surface area contributed by atoms with Crippen LogP contribution in [-0.4, -0.2) is 55.7 Å². The van der Waals surface area contributed by atoms with Crippen molar-refractivity contribution in [2.75, 3.05) is 0 Å². The molecule has 0 spiro atoms. The van der Waals surface area contributed by atoms with E-state index >= 15 is 0 Å². The van der Waals surface area contributed by atoms with Gasteiger partial charge in [-0.3, -0.25) is 9.59 Å². The van der Waals surface area contributed by atoms with Crippen molar-refractivity contribution in [3.63, 3.8) is 0 Å². The molecule has 1 aliphatic rings. The molecule has 2 heterocycles. The molecule has 0 bridgehead atoms. The lowest BCUT2D eigenvalue weighted by molar-refractivity contribution is -0.336. The molecule has 3 amide bonds. The van der Waals surface area contributed by atoms with Gasteiger partial charge < -0.3 is 20.2 Å². The van der Waals surface area contributed by atoms with Gasteiger partial charge >= 0.3 is 23.5 Å². The van der Waals surface area contributed by atoms with E-state index < -0.39 is 40.5 Å². The van der Waals surface area contributed by atoms with Crippen molar-refractivity contribution in [1.82, 2.24) is 20.8 Å². The van der Waals surface area contributed by atoms with E-state index in [1.165, 1.54) is 45.0 Å². The van der Waals surface area contributed by atoms with E-state index in [1.807, 2.05) is 0 Å². The monoisotopic (exact) mass is 443 g/mol. The highest BCUT2D eigenvalue weighted by Gasteiger charge is 2.46. The first kappa shape index (κ1) is 22.5. The quantitative estimate of drug-likeness (QED) is 0.558. The van der Waals surface area contributed by atoms with Crippen LogP contribution in [-0.2, 0) is 16.1 Å². The number of carbonyl (C=O) groups is 3. The molecule has 11 nitrogen and oxygen atoms in total. The van der Waals surface area contributed by atoms with Crippen molar-refractivity contribution in [3.8, 4) is 0 Å². The minimum atomic E-state index is -1.33. The fraction of sp³-hybridized carbons (Fsp3) is 0.250. The first-order chi connectivity index (χ1) is 15.0. The van der Waals surface area contributed by atoms with Crippen molar-refractivity contribution >= 4 is 30.3 Å². The Morgan fingerprint density at radius 3 is 2.47 bits per heavy atom. The van der Waals surface area contributed by atoms with E-state index in [0.717, 1.165) is 4.58 Å². The number of aliphatic hydroxyl groups excluding tert-OH is 1. The molecule has 0 atom stereocenters. The molecule has 0 saturated heterocycles. The van der Waals surface area contributed by atoms with Gasteiger partial charge in [0, 0.05) is 13.5 Å². The second-order valence-corrected chi connectivity index (χ2v) is 7.38. The second kappa shape index (κ2) is 8.49. The number of nitrogens with one attached hydrogen (secondary N) is 2. The Morgan fingerprint density at radius 1 is 1.22 bits per heavy atom. The molecule has 3 rings (SSSR count). The molecule has 0 radical (unpaired) electrons. The van der Waals surface area contributed by atoms with Crippen molar-refractivity contribution < 1.29 is 32.9 Å². The number of amidine groups is 1. The Bertz CT molecular complexity index is 1180. The number of aliphatic imine (C=N–C) groups is 1. The number of hydrogen-bond donors (Lipinski definition) is 3. The summed E-state index contributed by atoms with van der Waals surface area (Å²) in [5.41, 5.74) is -1.30. The van der Waals surface area contributed by atoms with E-state index in [2.05, 4.69) is 32.5 Å². The third-order valence-electron chi connectivity index (χ3n) is 4.43. The molecule has 1 aromatic heterocycles. The number of benzene rings is 1. The van der Waals surface area contributed by atoms with E-state index in [0.29, 0.717) is 5.56 Å². The third-order valence-corrected chi connectivity index (χ3v) is 4.43. The van der Waals surface area contributed by atoms with Crippen LogP contribution in [0.2, 0.25) is 0 Å². The van der Waals surface area contributed by atoms with Gasteiger partial charge in [-0.15, -0.1) is 10.2 Å². The maximum atomic E-state index is 13.0. The summed E-state index contributed by atoms with van der Waals surface area (Å²) < 4.78 is 18.9. The lowest BCUT2D eigenvalue weighted by atomic mass is 10.0. The zero-order valence-corrected chi connectivity index (χ0v) is 17.5. The van der Waals surface area contributed by atoms with Crippen LogP contribution in [0, 0.1) is 12.7 Å². The highest BCUT2D eigenvalue weighted by molar-refractivity contribution is 6.10. The Morgan fingerprint density at radius 2 is 1.88 bits per heavy atom. The number of halogens is 1. The summed E-state index contributed by atoms with van der Waals surface area (Å²) in [5, 5.41) is 22.4. The molecule has 0 aliphatic carbocycles. The molecule has 0 unspecified atom stereocenters. The van der Waals surface area contributed by atoms with Crippen LogP contribution in [0.1, 0.15) is 36.0 Å². The van der Waals surface area contributed by atoms with Crippen LogP contribution >= 0.6 is 0 Å². The number of hydrogen-bond acceptors (Lipinski definition) is 8. The Balaban J connectivity index is 1.83. The predicted octanol–water partition coefficient (Wildman–Crippen LogP) is 0.763. The van der Waals surface area contributed by atoms with Crippen LogP contribution in [0.4, 0.5) is 4.39 Å². The summed E-state index contributed by atoms with van der Waals surface area (Å²) in [5.74, 6) is -4.14. The summed E-state index contributed by atoms with van der Waals surface area (Å²) in [6.07, 6.45) is 0. The summed E-state index contributed by atoms with van der Waals surface area (Å²) in [6, 6.07) is 5.41. The molecule has 3 N–H and O–H groups in total. The number of amides is 3.